The van der Waals surface area contributed by atoms with Gasteiger partial charge < -0.3 is 9.73 Å². The van der Waals surface area contributed by atoms with Gasteiger partial charge in [-0.2, -0.15) is 0 Å². The molecular formula is C10H16N4O3. The van der Waals surface area contributed by atoms with Crippen LogP contribution in [0.1, 0.15) is 13.8 Å². The highest BCUT2D eigenvalue weighted by atomic mass is 16.4. The average Bonchev–Trinajstić information content (AvgIpc) is 3.06. The fraction of sp³-hybridized carbons (Fsp3) is 0.700. The third-order valence-electron chi connectivity index (χ3n) is 2.96. The zero-order valence-corrected chi connectivity index (χ0v) is 10.4. The Bertz CT molecular complexity index is 616. The van der Waals surface area contributed by atoms with Gasteiger partial charge in [-0.3, -0.25) is 4.57 Å². The van der Waals surface area contributed by atoms with E-state index in [1.807, 2.05) is 13.8 Å². The van der Waals surface area contributed by atoms with Gasteiger partial charge in [0.15, 0.2) is 0 Å². The maximum absolute atomic E-state index is 11.7. The van der Waals surface area contributed by atoms with Gasteiger partial charge in [-0.25, -0.2) is 19.1 Å². The molecule has 7 heteroatoms. The molecule has 7 nitrogen and oxygen atoms in total. The van der Waals surface area contributed by atoms with E-state index in [1.165, 1.54) is 18.7 Å². The number of aromatic nitrogens is 2. The van der Waals surface area contributed by atoms with E-state index in [0.29, 0.717) is 0 Å². The number of nitrogens with zero attached hydrogens (tertiary/aromatic N) is 3. The molecule has 1 atom stereocenters. The van der Waals surface area contributed by atoms with Crippen molar-refractivity contribution >= 4 is 0 Å². The van der Waals surface area contributed by atoms with Crippen LogP contribution in [0.15, 0.2) is 19.0 Å². The standard InChI is InChI=1S/C10H16N4O3/c1-10(2,6-5-11-6)12-7-13(3)8(15)14(4)9(16)17-7/h6,11H,5H2,1-4H3. The van der Waals surface area contributed by atoms with Crippen molar-refractivity contribution in [1.82, 2.24) is 14.5 Å². The van der Waals surface area contributed by atoms with Gasteiger partial charge in [-0.1, -0.05) is 0 Å². The number of hydrogen-bond donors (Lipinski definition) is 1. The van der Waals surface area contributed by atoms with Gasteiger partial charge in [-0.05, 0) is 13.8 Å². The van der Waals surface area contributed by atoms with Crippen LogP contribution in [0.4, 0.5) is 0 Å². The fourth-order valence-electron chi connectivity index (χ4n) is 1.58. The minimum atomic E-state index is -0.702. The zero-order chi connectivity index (χ0) is 12.8. The van der Waals surface area contributed by atoms with Crippen LogP contribution in [0.5, 0.6) is 0 Å². The lowest BCUT2D eigenvalue weighted by Crippen LogP contribution is -2.46. The van der Waals surface area contributed by atoms with Crippen molar-refractivity contribution in [2.75, 3.05) is 6.54 Å². The largest absolute Gasteiger partial charge is 0.425 e. The summed E-state index contributed by atoms with van der Waals surface area (Å²) in [6.45, 7) is 4.74. The van der Waals surface area contributed by atoms with Gasteiger partial charge in [0.05, 0.1) is 5.54 Å². The molecule has 1 N–H and O–H groups in total. The first-order valence-electron chi connectivity index (χ1n) is 5.39. The molecule has 1 aromatic rings. The smallest absolute Gasteiger partial charge is 0.375 e. The molecule has 0 aliphatic carbocycles. The van der Waals surface area contributed by atoms with Crippen molar-refractivity contribution in [3.8, 4) is 0 Å². The molecule has 0 saturated carbocycles. The van der Waals surface area contributed by atoms with Crippen molar-refractivity contribution in [3.05, 3.63) is 26.7 Å². The first-order chi connectivity index (χ1) is 7.83. The second-order valence-electron chi connectivity index (χ2n) is 4.78. The quantitative estimate of drug-likeness (QED) is 0.625. The normalized spacial score (nSPS) is 20.7. The van der Waals surface area contributed by atoms with E-state index in [2.05, 4.69) is 10.3 Å². The van der Waals surface area contributed by atoms with E-state index >= 15 is 0 Å². The minimum absolute atomic E-state index is 0.0526. The van der Waals surface area contributed by atoms with Crippen LogP contribution in [-0.4, -0.2) is 27.3 Å². The van der Waals surface area contributed by atoms with Crippen molar-refractivity contribution in [2.24, 2.45) is 19.1 Å². The molecule has 2 heterocycles. The Labute approximate surface area is 97.4 Å². The van der Waals surface area contributed by atoms with Gasteiger partial charge in [0.25, 0.3) is 0 Å². The molecular weight excluding hydrogens is 224 g/mol. The van der Waals surface area contributed by atoms with E-state index in [9.17, 15) is 9.59 Å². The highest BCUT2D eigenvalue weighted by Crippen LogP contribution is 2.19. The molecule has 1 unspecified atom stereocenters. The molecule has 17 heavy (non-hydrogen) atoms. The number of hydrogen-bond acceptors (Lipinski definition) is 5. The first-order valence-corrected chi connectivity index (χ1v) is 5.39. The highest BCUT2D eigenvalue weighted by molar-refractivity contribution is 5.02. The first kappa shape index (κ1) is 11.8. The summed E-state index contributed by atoms with van der Waals surface area (Å²) >= 11 is 0. The Balaban J connectivity index is 2.64. The van der Waals surface area contributed by atoms with Gasteiger partial charge in [0.2, 0.25) is 0 Å². The molecule has 94 valence electrons. The van der Waals surface area contributed by atoms with Crippen molar-refractivity contribution in [2.45, 2.75) is 25.4 Å². The van der Waals surface area contributed by atoms with Crippen LogP contribution in [0.2, 0.25) is 0 Å². The molecule has 0 amide bonds. The van der Waals surface area contributed by atoms with E-state index in [4.69, 9.17) is 4.42 Å². The summed E-state index contributed by atoms with van der Waals surface area (Å²) in [6, 6.07) is 0.261. The Morgan fingerprint density at radius 2 is 1.94 bits per heavy atom. The van der Waals surface area contributed by atoms with Gasteiger partial charge in [0, 0.05) is 26.7 Å². The lowest BCUT2D eigenvalue weighted by Gasteiger charge is -2.16. The van der Waals surface area contributed by atoms with Gasteiger partial charge >= 0.3 is 17.1 Å². The predicted molar refractivity (Wildman–Crippen MR) is 60.6 cm³/mol. The topological polar surface area (TPSA) is 91.4 Å². The third kappa shape index (κ3) is 2.10. The van der Waals surface area contributed by atoms with Crippen molar-refractivity contribution in [3.63, 3.8) is 0 Å². The van der Waals surface area contributed by atoms with Gasteiger partial charge in [-0.15, -0.1) is 0 Å². The minimum Gasteiger partial charge on any atom is -0.375 e. The summed E-state index contributed by atoms with van der Waals surface area (Å²) in [6.07, 6.45) is 0. The van der Waals surface area contributed by atoms with Crippen LogP contribution < -0.4 is 22.4 Å². The highest BCUT2D eigenvalue weighted by Gasteiger charge is 2.37. The van der Waals surface area contributed by atoms with Crippen LogP contribution in [-0.2, 0) is 14.1 Å². The maximum atomic E-state index is 11.7. The predicted octanol–water partition coefficient (Wildman–Crippen LogP) is -1.67. The van der Waals surface area contributed by atoms with E-state index < -0.39 is 17.0 Å². The Morgan fingerprint density at radius 3 is 2.47 bits per heavy atom. The zero-order valence-electron chi connectivity index (χ0n) is 10.4. The summed E-state index contributed by atoms with van der Waals surface area (Å²) in [7, 11) is 2.89. The van der Waals surface area contributed by atoms with Crippen molar-refractivity contribution < 1.29 is 4.42 Å². The van der Waals surface area contributed by atoms with E-state index in [0.717, 1.165) is 11.1 Å². The summed E-state index contributed by atoms with van der Waals surface area (Å²) in [5.41, 5.74) is -0.795. The lowest BCUT2D eigenvalue weighted by molar-refractivity contribution is 0.317. The Morgan fingerprint density at radius 1 is 1.35 bits per heavy atom. The van der Waals surface area contributed by atoms with E-state index in [1.54, 1.807) is 0 Å². The van der Waals surface area contributed by atoms with Crippen LogP contribution in [0.3, 0.4) is 0 Å². The Kier molecular flexibility index (Phi) is 2.57. The molecule has 1 aromatic heterocycles. The average molecular weight is 240 g/mol. The number of rotatable bonds is 2. The monoisotopic (exact) mass is 240 g/mol. The summed E-state index contributed by atoms with van der Waals surface area (Å²) in [4.78, 5) is 27.4. The van der Waals surface area contributed by atoms with E-state index in [-0.39, 0.29) is 11.7 Å². The van der Waals surface area contributed by atoms with Gasteiger partial charge in [0.1, 0.15) is 0 Å². The molecule has 2 rings (SSSR count). The second-order valence-corrected chi connectivity index (χ2v) is 4.78. The summed E-state index contributed by atoms with van der Waals surface area (Å²) in [5, 5.41) is 3.15. The molecule has 0 aromatic carbocycles. The SMILES string of the molecule is Cn1c(=O)oc(=NC(C)(C)C2CN2)n(C)c1=O. The maximum Gasteiger partial charge on any atom is 0.425 e. The van der Waals surface area contributed by atoms with Crippen LogP contribution in [0, 0.1) is 0 Å². The molecule has 0 bridgehead atoms. The van der Waals surface area contributed by atoms with Crippen LogP contribution in [0.25, 0.3) is 0 Å². The molecule has 0 radical (unpaired) electrons. The second kappa shape index (κ2) is 3.69. The third-order valence-corrected chi connectivity index (χ3v) is 2.96. The lowest BCUT2D eigenvalue weighted by atomic mass is 10.0. The van der Waals surface area contributed by atoms with Crippen LogP contribution >= 0.6 is 0 Å². The summed E-state index contributed by atoms with van der Waals surface area (Å²) < 4.78 is 7.14. The Hall–Kier alpha value is -1.63. The van der Waals surface area contributed by atoms with Crippen molar-refractivity contribution in [1.29, 1.82) is 0 Å². The summed E-state index contributed by atoms with van der Waals surface area (Å²) in [5.74, 6) is -0.702. The molecule has 0 spiro atoms. The molecule has 1 aliphatic rings. The molecule has 1 aliphatic heterocycles. The fourth-order valence-corrected chi connectivity index (χ4v) is 1.58. The molecule has 1 fully saturated rings. The molecule has 1 saturated heterocycles. The number of nitrogens with one attached hydrogen (secondary N) is 1.